The van der Waals surface area contributed by atoms with Crippen LogP contribution < -0.4 is 4.74 Å². The summed E-state index contributed by atoms with van der Waals surface area (Å²) >= 11 is 0. The van der Waals surface area contributed by atoms with E-state index in [-0.39, 0.29) is 23.5 Å². The van der Waals surface area contributed by atoms with Gasteiger partial charge in [-0.15, -0.1) is 0 Å². The SMILES string of the molecule is Cc1cc(/C(O)=C2\C(=O)C(=O)N(C3CCCC3)C2c2cn(C)c3ccccc23)ccc1OC(C)C. The van der Waals surface area contributed by atoms with Crippen molar-refractivity contribution in [3.05, 3.63) is 70.9 Å². The molecule has 182 valence electrons. The summed E-state index contributed by atoms with van der Waals surface area (Å²) in [6.45, 7) is 5.83. The van der Waals surface area contributed by atoms with Gasteiger partial charge < -0.3 is 19.3 Å². The van der Waals surface area contributed by atoms with Gasteiger partial charge in [0.25, 0.3) is 11.7 Å². The number of ketones is 1. The predicted octanol–water partition coefficient (Wildman–Crippen LogP) is 5.64. The van der Waals surface area contributed by atoms with Crippen molar-refractivity contribution in [2.75, 3.05) is 0 Å². The Morgan fingerprint density at radius 1 is 1.09 bits per heavy atom. The van der Waals surface area contributed by atoms with Crippen LogP contribution in [0.15, 0.2) is 54.2 Å². The molecule has 2 aliphatic rings. The van der Waals surface area contributed by atoms with Gasteiger partial charge >= 0.3 is 0 Å². The molecular weight excluding hydrogens is 440 g/mol. The molecule has 0 spiro atoms. The van der Waals surface area contributed by atoms with Gasteiger partial charge in [-0.05, 0) is 63.4 Å². The first-order chi connectivity index (χ1) is 16.8. The minimum Gasteiger partial charge on any atom is -0.507 e. The summed E-state index contributed by atoms with van der Waals surface area (Å²) < 4.78 is 7.86. The van der Waals surface area contributed by atoms with Crippen molar-refractivity contribution in [1.29, 1.82) is 0 Å². The van der Waals surface area contributed by atoms with Gasteiger partial charge in [0.2, 0.25) is 0 Å². The van der Waals surface area contributed by atoms with E-state index in [0.717, 1.165) is 53.5 Å². The molecule has 1 saturated heterocycles. The number of aliphatic hydroxyl groups is 1. The maximum atomic E-state index is 13.5. The standard InChI is InChI=1S/C29H32N2O4/c1-17(2)35-24-14-13-19(15-18(24)3)27(32)25-26(22-16-30(4)23-12-8-7-11-21(22)23)31(29(34)28(25)33)20-9-5-6-10-20/h7-8,11-17,20,26,32H,5-6,9-10H2,1-4H3/b27-25+. The summed E-state index contributed by atoms with van der Waals surface area (Å²) in [4.78, 5) is 28.6. The number of para-hydroxylation sites is 1. The number of rotatable bonds is 5. The van der Waals surface area contributed by atoms with Crippen LogP contribution in [-0.2, 0) is 16.6 Å². The Balaban J connectivity index is 1.70. The second-order valence-electron chi connectivity index (χ2n) is 10.0. The van der Waals surface area contributed by atoms with Gasteiger partial charge in [-0.1, -0.05) is 31.0 Å². The van der Waals surface area contributed by atoms with Gasteiger partial charge in [0.05, 0.1) is 17.7 Å². The molecule has 35 heavy (non-hydrogen) atoms. The Hall–Kier alpha value is -3.54. The molecule has 1 unspecified atom stereocenters. The lowest BCUT2D eigenvalue weighted by atomic mass is 9.94. The van der Waals surface area contributed by atoms with Crippen LogP contribution >= 0.6 is 0 Å². The molecule has 5 rings (SSSR count). The third-order valence-electron chi connectivity index (χ3n) is 7.23. The molecule has 0 bridgehead atoms. The van der Waals surface area contributed by atoms with Gasteiger partial charge in [0.15, 0.2) is 0 Å². The van der Waals surface area contributed by atoms with Gasteiger partial charge in [0, 0.05) is 41.3 Å². The van der Waals surface area contributed by atoms with E-state index in [1.54, 1.807) is 11.0 Å². The summed E-state index contributed by atoms with van der Waals surface area (Å²) in [7, 11) is 1.96. The average molecular weight is 473 g/mol. The maximum absolute atomic E-state index is 13.5. The van der Waals surface area contributed by atoms with Crippen LogP contribution in [0.5, 0.6) is 5.75 Å². The molecule has 2 aromatic carbocycles. The molecule has 0 radical (unpaired) electrons. The molecule has 1 N–H and O–H groups in total. The molecule has 1 aliphatic carbocycles. The highest BCUT2D eigenvalue weighted by Gasteiger charge is 2.50. The van der Waals surface area contributed by atoms with E-state index in [2.05, 4.69) is 0 Å². The van der Waals surface area contributed by atoms with Gasteiger partial charge in [0.1, 0.15) is 11.5 Å². The molecule has 1 saturated carbocycles. The monoisotopic (exact) mass is 472 g/mol. The van der Waals surface area contributed by atoms with E-state index in [9.17, 15) is 14.7 Å². The lowest BCUT2D eigenvalue weighted by Crippen LogP contribution is -2.37. The van der Waals surface area contributed by atoms with Crippen LogP contribution in [0.25, 0.3) is 16.7 Å². The lowest BCUT2D eigenvalue weighted by molar-refractivity contribution is -0.141. The number of Topliss-reactive ketones (excluding diaryl/α,β-unsaturated/α-hetero) is 1. The molecular formula is C29H32N2O4. The van der Waals surface area contributed by atoms with E-state index in [1.165, 1.54) is 0 Å². The third kappa shape index (κ3) is 3.91. The van der Waals surface area contributed by atoms with E-state index in [0.29, 0.717) is 5.56 Å². The molecule has 1 aromatic heterocycles. The van der Waals surface area contributed by atoms with E-state index in [4.69, 9.17) is 4.74 Å². The van der Waals surface area contributed by atoms with Crippen LogP contribution in [0.4, 0.5) is 0 Å². The fourth-order valence-corrected chi connectivity index (χ4v) is 5.64. The van der Waals surface area contributed by atoms with Gasteiger partial charge in [-0.2, -0.15) is 0 Å². The molecule has 2 fully saturated rings. The third-order valence-corrected chi connectivity index (χ3v) is 7.23. The molecule has 1 aliphatic heterocycles. The number of ether oxygens (including phenoxy) is 1. The summed E-state index contributed by atoms with van der Waals surface area (Å²) in [5.74, 6) is -0.546. The Bertz CT molecular complexity index is 1340. The van der Waals surface area contributed by atoms with Crippen molar-refractivity contribution in [2.24, 2.45) is 7.05 Å². The Morgan fingerprint density at radius 2 is 1.80 bits per heavy atom. The van der Waals surface area contributed by atoms with Crippen molar-refractivity contribution in [3.8, 4) is 5.75 Å². The second kappa shape index (κ2) is 8.91. The summed E-state index contributed by atoms with van der Waals surface area (Å²) in [5.41, 5.74) is 3.41. The van der Waals surface area contributed by atoms with Crippen LogP contribution in [0, 0.1) is 6.92 Å². The van der Waals surface area contributed by atoms with E-state index in [1.807, 2.05) is 75.0 Å². The smallest absolute Gasteiger partial charge is 0.295 e. The number of carbonyl (C=O) groups is 2. The van der Waals surface area contributed by atoms with Gasteiger partial charge in [-0.3, -0.25) is 9.59 Å². The van der Waals surface area contributed by atoms with E-state index < -0.39 is 17.7 Å². The number of fused-ring (bicyclic) bond motifs is 1. The van der Waals surface area contributed by atoms with Crippen LogP contribution in [0.1, 0.15) is 62.3 Å². The zero-order chi connectivity index (χ0) is 24.9. The van der Waals surface area contributed by atoms with Crippen LogP contribution in [-0.4, -0.2) is 38.4 Å². The lowest BCUT2D eigenvalue weighted by Gasteiger charge is -2.30. The minimum atomic E-state index is -0.629. The second-order valence-corrected chi connectivity index (χ2v) is 10.0. The quantitative estimate of drug-likeness (QED) is 0.296. The first-order valence-corrected chi connectivity index (χ1v) is 12.4. The Morgan fingerprint density at radius 3 is 2.49 bits per heavy atom. The minimum absolute atomic E-state index is 0.00993. The largest absolute Gasteiger partial charge is 0.507 e. The fourth-order valence-electron chi connectivity index (χ4n) is 5.64. The van der Waals surface area contributed by atoms with E-state index >= 15 is 0 Å². The molecule has 6 heteroatoms. The first kappa shape index (κ1) is 23.2. The number of carbonyl (C=O) groups excluding carboxylic acids is 2. The normalized spacial score (nSPS) is 20.5. The fraction of sp³-hybridized carbons (Fsp3) is 0.379. The Labute approximate surface area is 205 Å². The number of hydrogen-bond acceptors (Lipinski definition) is 4. The number of aromatic nitrogens is 1. The van der Waals surface area contributed by atoms with Crippen molar-refractivity contribution in [3.63, 3.8) is 0 Å². The number of benzene rings is 2. The molecule has 3 aromatic rings. The summed E-state index contributed by atoms with van der Waals surface area (Å²) in [5, 5.41) is 12.5. The van der Waals surface area contributed by atoms with Gasteiger partial charge in [-0.25, -0.2) is 0 Å². The topological polar surface area (TPSA) is 71.8 Å². The number of amides is 1. The number of nitrogens with zero attached hydrogens (tertiary/aromatic N) is 2. The highest BCUT2D eigenvalue weighted by molar-refractivity contribution is 6.46. The van der Waals surface area contributed by atoms with Crippen molar-refractivity contribution in [1.82, 2.24) is 9.47 Å². The Kier molecular flexibility index (Phi) is 5.91. The summed E-state index contributed by atoms with van der Waals surface area (Å²) in [6, 6.07) is 12.7. The van der Waals surface area contributed by atoms with Crippen LogP contribution in [0.3, 0.4) is 0 Å². The molecule has 1 atom stereocenters. The number of aliphatic hydroxyl groups excluding tert-OH is 1. The predicted molar refractivity (Wildman–Crippen MR) is 136 cm³/mol. The van der Waals surface area contributed by atoms with Crippen molar-refractivity contribution < 1.29 is 19.4 Å². The van der Waals surface area contributed by atoms with Crippen LogP contribution in [0.2, 0.25) is 0 Å². The summed E-state index contributed by atoms with van der Waals surface area (Å²) in [6.07, 6.45) is 5.82. The maximum Gasteiger partial charge on any atom is 0.295 e. The van der Waals surface area contributed by atoms with Crippen molar-refractivity contribution >= 4 is 28.4 Å². The number of aryl methyl sites for hydroxylation is 2. The highest BCUT2D eigenvalue weighted by atomic mass is 16.5. The first-order valence-electron chi connectivity index (χ1n) is 12.4. The number of hydrogen-bond donors (Lipinski definition) is 1. The van der Waals surface area contributed by atoms with Crippen molar-refractivity contribution in [2.45, 2.75) is 64.6 Å². The molecule has 1 amide bonds. The average Bonchev–Trinajstić information content (AvgIpc) is 3.53. The zero-order valence-corrected chi connectivity index (χ0v) is 20.7. The molecule has 2 heterocycles. The zero-order valence-electron chi connectivity index (χ0n) is 20.7. The molecule has 6 nitrogen and oxygen atoms in total. The highest BCUT2D eigenvalue weighted by Crippen LogP contribution is 2.45. The number of likely N-dealkylation sites (tertiary alicyclic amines) is 1.